The maximum absolute atomic E-state index is 10.4. The highest BCUT2D eigenvalue weighted by Crippen LogP contribution is 2.26. The number of carboxylic acids is 1. The van der Waals surface area contributed by atoms with Crippen LogP contribution in [0.3, 0.4) is 0 Å². The Balaban J connectivity index is 2.74. The van der Waals surface area contributed by atoms with Gasteiger partial charge >= 0.3 is 5.97 Å². The van der Waals surface area contributed by atoms with Gasteiger partial charge in [-0.05, 0) is 13.3 Å². The van der Waals surface area contributed by atoms with Gasteiger partial charge in [0.05, 0.1) is 6.42 Å². The summed E-state index contributed by atoms with van der Waals surface area (Å²) in [5.74, 6) is -0.170. The Morgan fingerprint density at radius 2 is 2.25 bits per heavy atom. The molecule has 1 atom stereocenters. The van der Waals surface area contributed by atoms with E-state index in [4.69, 9.17) is 14.3 Å². The maximum Gasteiger partial charge on any atom is 0.303 e. The van der Waals surface area contributed by atoms with Crippen molar-refractivity contribution in [2.45, 2.75) is 38.7 Å². The maximum atomic E-state index is 10.4. The summed E-state index contributed by atoms with van der Waals surface area (Å²) in [5, 5.41) is 16.2. The molecular formula is C10H16N2O4. The number of hydrogen-bond acceptors (Lipinski definition) is 5. The van der Waals surface area contributed by atoms with E-state index in [0.29, 0.717) is 18.2 Å². The van der Waals surface area contributed by atoms with Crippen LogP contribution < -0.4 is 0 Å². The largest absolute Gasteiger partial charge is 0.481 e. The molecule has 0 spiro atoms. The molecule has 1 aromatic heterocycles. The topological polar surface area (TPSA) is 85.5 Å². The fourth-order valence-corrected chi connectivity index (χ4v) is 1.17. The van der Waals surface area contributed by atoms with Gasteiger partial charge in [0.1, 0.15) is 5.60 Å². The van der Waals surface area contributed by atoms with Gasteiger partial charge in [-0.1, -0.05) is 6.92 Å². The summed E-state index contributed by atoms with van der Waals surface area (Å²) < 4.78 is 10.7. The Morgan fingerprint density at radius 1 is 1.56 bits per heavy atom. The Kier molecular flexibility index (Phi) is 4.00. The smallest absolute Gasteiger partial charge is 0.303 e. The third-order valence-electron chi connectivity index (χ3n) is 2.60. The quantitative estimate of drug-likeness (QED) is 0.791. The highest BCUT2D eigenvalue weighted by molar-refractivity contribution is 5.66. The number of ether oxygens (including phenoxy) is 1. The molecule has 1 N–H and O–H groups in total. The first-order chi connectivity index (χ1) is 7.51. The predicted octanol–water partition coefficient (Wildman–Crippen LogP) is 1.36. The van der Waals surface area contributed by atoms with Crippen molar-refractivity contribution in [3.8, 4) is 0 Å². The van der Waals surface area contributed by atoms with Crippen molar-refractivity contribution in [1.82, 2.24) is 10.2 Å². The summed E-state index contributed by atoms with van der Waals surface area (Å²) in [6, 6.07) is 0. The molecule has 6 heteroatoms. The second kappa shape index (κ2) is 5.07. The van der Waals surface area contributed by atoms with Crippen LogP contribution in [0.4, 0.5) is 0 Å². The Hall–Kier alpha value is -1.43. The lowest BCUT2D eigenvalue weighted by molar-refractivity contribution is -0.137. The summed E-state index contributed by atoms with van der Waals surface area (Å²) in [5.41, 5.74) is -0.603. The minimum absolute atomic E-state index is 0.0164. The Labute approximate surface area is 93.6 Å². The van der Waals surface area contributed by atoms with E-state index in [2.05, 4.69) is 10.2 Å². The standard InChI is InChI=1S/C10H16N2O4/c1-4-10(2,15-3)9-12-11-7(16-9)5-6-8(13)14/h4-6H2,1-3H3,(H,13,14). The molecule has 0 amide bonds. The summed E-state index contributed by atoms with van der Waals surface area (Å²) in [6.45, 7) is 3.80. The number of rotatable bonds is 6. The zero-order chi connectivity index (χ0) is 12.2. The predicted molar refractivity (Wildman–Crippen MR) is 54.9 cm³/mol. The van der Waals surface area contributed by atoms with Gasteiger partial charge in [0, 0.05) is 13.5 Å². The first-order valence-electron chi connectivity index (χ1n) is 5.11. The molecule has 0 radical (unpaired) electrons. The molecule has 90 valence electrons. The van der Waals surface area contributed by atoms with E-state index in [1.807, 2.05) is 13.8 Å². The number of methoxy groups -OCH3 is 1. The average Bonchev–Trinajstić information content (AvgIpc) is 2.74. The van der Waals surface area contributed by atoms with Crippen molar-refractivity contribution in [3.63, 3.8) is 0 Å². The van der Waals surface area contributed by atoms with Crippen LogP contribution in [0, 0.1) is 0 Å². The van der Waals surface area contributed by atoms with E-state index in [1.165, 1.54) is 0 Å². The summed E-state index contributed by atoms with van der Waals surface area (Å²) in [7, 11) is 1.57. The second-order valence-electron chi connectivity index (χ2n) is 3.68. The first-order valence-corrected chi connectivity index (χ1v) is 5.11. The summed E-state index contributed by atoms with van der Waals surface area (Å²) in [4.78, 5) is 10.4. The third kappa shape index (κ3) is 2.79. The number of aromatic nitrogens is 2. The molecule has 6 nitrogen and oxygen atoms in total. The fourth-order valence-electron chi connectivity index (χ4n) is 1.17. The van der Waals surface area contributed by atoms with Crippen LogP contribution in [0.5, 0.6) is 0 Å². The van der Waals surface area contributed by atoms with Crippen molar-refractivity contribution in [1.29, 1.82) is 0 Å². The third-order valence-corrected chi connectivity index (χ3v) is 2.60. The molecule has 1 aromatic rings. The first kappa shape index (κ1) is 12.6. The van der Waals surface area contributed by atoms with Crippen LogP contribution >= 0.6 is 0 Å². The molecule has 0 saturated heterocycles. The number of carbonyl (C=O) groups is 1. The summed E-state index contributed by atoms with van der Waals surface area (Å²) >= 11 is 0. The molecule has 0 aromatic carbocycles. The van der Waals surface area contributed by atoms with Gasteiger partial charge in [0.25, 0.3) is 0 Å². The molecule has 0 bridgehead atoms. The zero-order valence-electron chi connectivity index (χ0n) is 9.69. The monoisotopic (exact) mass is 228 g/mol. The zero-order valence-corrected chi connectivity index (χ0v) is 9.69. The lowest BCUT2D eigenvalue weighted by Crippen LogP contribution is -2.23. The van der Waals surface area contributed by atoms with Crippen molar-refractivity contribution < 1.29 is 19.1 Å². The molecule has 16 heavy (non-hydrogen) atoms. The molecule has 0 aliphatic rings. The highest BCUT2D eigenvalue weighted by atomic mass is 16.5. The van der Waals surface area contributed by atoms with Crippen molar-refractivity contribution >= 4 is 5.97 Å². The Bertz CT molecular complexity index is 357. The molecule has 1 unspecified atom stereocenters. The van der Waals surface area contributed by atoms with Gasteiger partial charge < -0.3 is 14.3 Å². The van der Waals surface area contributed by atoms with Crippen LogP contribution in [0.1, 0.15) is 38.5 Å². The second-order valence-corrected chi connectivity index (χ2v) is 3.68. The van der Waals surface area contributed by atoms with E-state index in [0.717, 1.165) is 0 Å². The van der Waals surface area contributed by atoms with Gasteiger partial charge in [0.2, 0.25) is 11.8 Å². The van der Waals surface area contributed by atoms with Gasteiger partial charge in [0.15, 0.2) is 0 Å². The van der Waals surface area contributed by atoms with E-state index >= 15 is 0 Å². The molecule has 1 rings (SSSR count). The molecule has 0 fully saturated rings. The van der Waals surface area contributed by atoms with Crippen molar-refractivity contribution in [2.75, 3.05) is 7.11 Å². The van der Waals surface area contributed by atoms with Crippen LogP contribution in [0.2, 0.25) is 0 Å². The van der Waals surface area contributed by atoms with Crippen molar-refractivity contribution in [3.05, 3.63) is 11.8 Å². The normalized spacial score (nSPS) is 14.7. The minimum Gasteiger partial charge on any atom is -0.481 e. The van der Waals surface area contributed by atoms with Gasteiger partial charge in [-0.15, -0.1) is 10.2 Å². The molecule has 0 aliphatic heterocycles. The Morgan fingerprint density at radius 3 is 2.75 bits per heavy atom. The van der Waals surface area contributed by atoms with E-state index < -0.39 is 11.6 Å². The summed E-state index contributed by atoms with van der Waals surface area (Å²) in [6.07, 6.45) is 0.924. The highest BCUT2D eigenvalue weighted by Gasteiger charge is 2.30. The number of carboxylic acid groups (broad SMARTS) is 1. The minimum atomic E-state index is -0.884. The van der Waals surface area contributed by atoms with Gasteiger partial charge in [-0.2, -0.15) is 0 Å². The van der Waals surface area contributed by atoms with Crippen LogP contribution in [0.15, 0.2) is 4.42 Å². The SMILES string of the molecule is CCC(C)(OC)c1nnc(CCC(=O)O)o1. The van der Waals surface area contributed by atoms with Gasteiger partial charge in [-0.25, -0.2) is 0 Å². The van der Waals surface area contributed by atoms with Crippen molar-refractivity contribution in [2.24, 2.45) is 0 Å². The number of hydrogen-bond donors (Lipinski definition) is 1. The van der Waals surface area contributed by atoms with Crippen LogP contribution in [-0.4, -0.2) is 28.4 Å². The van der Waals surface area contributed by atoms with E-state index in [1.54, 1.807) is 7.11 Å². The lowest BCUT2D eigenvalue weighted by atomic mass is 10.0. The number of aliphatic carboxylic acids is 1. The van der Waals surface area contributed by atoms with E-state index in [9.17, 15) is 4.79 Å². The number of aryl methyl sites for hydroxylation is 1. The number of nitrogens with zero attached hydrogens (tertiary/aromatic N) is 2. The molecular weight excluding hydrogens is 212 g/mol. The van der Waals surface area contributed by atoms with Gasteiger partial charge in [-0.3, -0.25) is 4.79 Å². The van der Waals surface area contributed by atoms with Crippen LogP contribution in [-0.2, 0) is 21.6 Å². The van der Waals surface area contributed by atoms with E-state index in [-0.39, 0.29) is 12.8 Å². The lowest BCUT2D eigenvalue weighted by Gasteiger charge is -2.21. The molecule has 1 heterocycles. The fraction of sp³-hybridized carbons (Fsp3) is 0.700. The average molecular weight is 228 g/mol. The molecule has 0 aliphatic carbocycles. The van der Waals surface area contributed by atoms with Crippen LogP contribution in [0.25, 0.3) is 0 Å². The molecule has 0 saturated carbocycles.